The van der Waals surface area contributed by atoms with Gasteiger partial charge in [-0.1, -0.05) is 43.9 Å². The minimum Gasteiger partial charge on any atom is -0.467 e. The van der Waals surface area contributed by atoms with Crippen molar-refractivity contribution in [3.05, 3.63) is 29.8 Å². The van der Waals surface area contributed by atoms with Gasteiger partial charge in [-0.25, -0.2) is 4.79 Å². The predicted octanol–water partition coefficient (Wildman–Crippen LogP) is 2.49. The summed E-state index contributed by atoms with van der Waals surface area (Å²) in [4.78, 5) is 37.2. The molecule has 134 valence electrons. The average molecular weight is 344 g/mol. The van der Waals surface area contributed by atoms with Crippen LogP contribution in [0, 0.1) is 0 Å². The molecule has 2 amide bonds. The van der Waals surface area contributed by atoms with Gasteiger partial charge < -0.3 is 15.4 Å². The number of rotatable bonds is 4. The van der Waals surface area contributed by atoms with Gasteiger partial charge in [0.25, 0.3) is 0 Å². The summed E-state index contributed by atoms with van der Waals surface area (Å²) in [5, 5.41) is 5.71. The number of carbonyl (C=O) groups is 3. The number of amides is 2. The molecule has 0 radical (unpaired) electrons. The largest absolute Gasteiger partial charge is 0.467 e. The lowest BCUT2D eigenvalue weighted by molar-refractivity contribution is -0.151. The number of fused-ring (bicyclic) bond motifs is 1. The molecule has 1 fully saturated rings. The molecule has 6 heteroatoms. The second kappa shape index (κ2) is 7.25. The fourth-order valence-corrected chi connectivity index (χ4v) is 3.89. The first-order chi connectivity index (χ1) is 12.1. The van der Waals surface area contributed by atoms with Gasteiger partial charge in [0.2, 0.25) is 11.8 Å². The zero-order chi connectivity index (χ0) is 17.9. The van der Waals surface area contributed by atoms with Crippen LogP contribution < -0.4 is 10.6 Å². The maximum atomic E-state index is 12.7. The summed E-state index contributed by atoms with van der Waals surface area (Å²) in [6.07, 6.45) is 5.05. The van der Waals surface area contributed by atoms with Crippen molar-refractivity contribution in [2.75, 3.05) is 12.4 Å². The van der Waals surface area contributed by atoms with Crippen molar-refractivity contribution in [2.24, 2.45) is 0 Å². The number of benzene rings is 1. The van der Waals surface area contributed by atoms with Crippen LogP contribution in [0.15, 0.2) is 24.3 Å². The zero-order valence-corrected chi connectivity index (χ0v) is 14.5. The molecular formula is C19H24N2O4. The molecule has 2 N–H and O–H groups in total. The van der Waals surface area contributed by atoms with Gasteiger partial charge in [-0.3, -0.25) is 9.59 Å². The highest BCUT2D eigenvalue weighted by Gasteiger charge is 2.42. The van der Waals surface area contributed by atoms with Crippen molar-refractivity contribution < 1.29 is 19.1 Å². The van der Waals surface area contributed by atoms with E-state index in [1.165, 1.54) is 7.11 Å². The van der Waals surface area contributed by atoms with E-state index in [1.54, 1.807) is 0 Å². The highest BCUT2D eigenvalue weighted by Crippen LogP contribution is 2.35. The van der Waals surface area contributed by atoms with E-state index in [2.05, 4.69) is 10.6 Å². The number of hydrogen-bond donors (Lipinski definition) is 2. The Hall–Kier alpha value is -2.37. The third-order valence-corrected chi connectivity index (χ3v) is 5.21. The first kappa shape index (κ1) is 17.5. The maximum absolute atomic E-state index is 12.7. The fourth-order valence-electron chi connectivity index (χ4n) is 3.89. The number of hydrogen-bond acceptors (Lipinski definition) is 4. The Labute approximate surface area is 147 Å². The van der Waals surface area contributed by atoms with Gasteiger partial charge in [0.1, 0.15) is 5.54 Å². The third-order valence-electron chi connectivity index (χ3n) is 5.21. The lowest BCUT2D eigenvalue weighted by atomic mass is 9.89. The van der Waals surface area contributed by atoms with E-state index >= 15 is 0 Å². The van der Waals surface area contributed by atoms with Gasteiger partial charge in [-0.2, -0.15) is 0 Å². The Morgan fingerprint density at radius 3 is 2.56 bits per heavy atom. The minimum absolute atomic E-state index is 0.0294. The average Bonchev–Trinajstić information content (AvgIpc) is 2.77. The normalized spacial score (nSPS) is 21.6. The molecule has 25 heavy (non-hydrogen) atoms. The molecule has 1 saturated carbocycles. The van der Waals surface area contributed by atoms with Gasteiger partial charge in [-0.15, -0.1) is 0 Å². The molecule has 1 aliphatic carbocycles. The molecule has 1 aromatic rings. The molecule has 1 aliphatic heterocycles. The van der Waals surface area contributed by atoms with Crippen LogP contribution in [0.1, 0.15) is 56.4 Å². The molecule has 2 aliphatic rings. The van der Waals surface area contributed by atoms with Crippen molar-refractivity contribution in [3.63, 3.8) is 0 Å². The monoisotopic (exact) mass is 344 g/mol. The number of ether oxygens (including phenoxy) is 1. The van der Waals surface area contributed by atoms with Gasteiger partial charge in [0, 0.05) is 12.1 Å². The van der Waals surface area contributed by atoms with Crippen LogP contribution in [-0.4, -0.2) is 30.4 Å². The van der Waals surface area contributed by atoms with Gasteiger partial charge >= 0.3 is 5.97 Å². The summed E-state index contributed by atoms with van der Waals surface area (Å²) in [7, 11) is 1.35. The molecule has 0 aromatic heterocycles. The van der Waals surface area contributed by atoms with Crippen LogP contribution in [0.5, 0.6) is 0 Å². The smallest absolute Gasteiger partial charge is 0.331 e. The summed E-state index contributed by atoms with van der Waals surface area (Å²) < 4.78 is 4.96. The standard InChI is InChI=1S/C19H24N2O4/c1-25-18(24)19(10-6-2-3-7-11-19)21-16(22)12-14-13-8-4-5-9-15(13)20-17(14)23/h4-5,8-9,14H,2-3,6-7,10-12H2,1H3,(H,20,23)(H,21,22)/t14-/m0/s1. The number of esters is 1. The number of methoxy groups -OCH3 is 1. The Balaban J connectivity index is 1.74. The quantitative estimate of drug-likeness (QED) is 0.649. The lowest BCUT2D eigenvalue weighted by Crippen LogP contribution is -2.55. The molecule has 1 aromatic carbocycles. The molecule has 6 nitrogen and oxygen atoms in total. The highest BCUT2D eigenvalue weighted by atomic mass is 16.5. The van der Waals surface area contributed by atoms with Crippen molar-refractivity contribution in [1.82, 2.24) is 5.32 Å². The van der Waals surface area contributed by atoms with E-state index in [0.29, 0.717) is 12.8 Å². The van der Waals surface area contributed by atoms with Crippen LogP contribution in [0.2, 0.25) is 0 Å². The molecule has 1 atom stereocenters. The predicted molar refractivity (Wildman–Crippen MR) is 93.0 cm³/mol. The summed E-state index contributed by atoms with van der Waals surface area (Å²) in [5.74, 6) is -1.37. The molecule has 0 saturated heterocycles. The summed E-state index contributed by atoms with van der Waals surface area (Å²) in [6.45, 7) is 0. The van der Waals surface area contributed by atoms with E-state index in [9.17, 15) is 14.4 Å². The zero-order valence-electron chi connectivity index (χ0n) is 14.5. The molecule has 0 unspecified atom stereocenters. The molecule has 3 rings (SSSR count). The molecular weight excluding hydrogens is 320 g/mol. The molecule has 0 spiro atoms. The number of para-hydroxylation sites is 1. The lowest BCUT2D eigenvalue weighted by Gasteiger charge is -2.31. The third kappa shape index (κ3) is 3.52. The second-order valence-corrected chi connectivity index (χ2v) is 6.87. The van der Waals surface area contributed by atoms with E-state index in [1.807, 2.05) is 24.3 Å². The van der Waals surface area contributed by atoms with Gasteiger partial charge in [-0.05, 0) is 24.5 Å². The first-order valence-corrected chi connectivity index (χ1v) is 8.85. The number of carbonyl (C=O) groups excluding carboxylic acids is 3. The SMILES string of the molecule is COC(=O)C1(NC(=O)C[C@@H]2C(=O)Nc3ccccc32)CCCCCC1. The van der Waals surface area contributed by atoms with E-state index in [-0.39, 0.29) is 24.2 Å². The van der Waals surface area contributed by atoms with Crippen LogP contribution in [0.3, 0.4) is 0 Å². The van der Waals surface area contributed by atoms with Crippen molar-refractivity contribution in [1.29, 1.82) is 0 Å². The van der Waals surface area contributed by atoms with Crippen molar-refractivity contribution >= 4 is 23.5 Å². The summed E-state index contributed by atoms with van der Waals surface area (Å²) >= 11 is 0. The van der Waals surface area contributed by atoms with Crippen LogP contribution in [0.4, 0.5) is 5.69 Å². The Morgan fingerprint density at radius 2 is 1.88 bits per heavy atom. The maximum Gasteiger partial charge on any atom is 0.331 e. The van der Waals surface area contributed by atoms with E-state index in [4.69, 9.17) is 4.74 Å². The van der Waals surface area contributed by atoms with Crippen LogP contribution >= 0.6 is 0 Å². The second-order valence-electron chi connectivity index (χ2n) is 6.87. The Morgan fingerprint density at radius 1 is 1.20 bits per heavy atom. The van der Waals surface area contributed by atoms with Crippen LogP contribution in [0.25, 0.3) is 0 Å². The number of nitrogens with one attached hydrogen (secondary N) is 2. The summed E-state index contributed by atoms with van der Waals surface area (Å²) in [5.41, 5.74) is 0.620. The highest BCUT2D eigenvalue weighted by molar-refractivity contribution is 6.05. The van der Waals surface area contributed by atoms with Crippen molar-refractivity contribution in [2.45, 2.75) is 56.4 Å². The first-order valence-electron chi connectivity index (χ1n) is 8.85. The van der Waals surface area contributed by atoms with Crippen molar-refractivity contribution in [3.8, 4) is 0 Å². The van der Waals surface area contributed by atoms with Gasteiger partial charge in [0.15, 0.2) is 0 Å². The Kier molecular flexibility index (Phi) is 5.06. The number of anilines is 1. The van der Waals surface area contributed by atoms with E-state index < -0.39 is 11.5 Å². The Bertz CT molecular complexity index is 678. The minimum atomic E-state index is -0.961. The topological polar surface area (TPSA) is 84.5 Å². The fraction of sp³-hybridized carbons (Fsp3) is 0.526. The van der Waals surface area contributed by atoms with E-state index in [0.717, 1.165) is 36.9 Å². The van der Waals surface area contributed by atoms with Gasteiger partial charge in [0.05, 0.1) is 13.0 Å². The molecule has 1 heterocycles. The summed E-state index contributed by atoms with van der Waals surface area (Å²) in [6, 6.07) is 7.38. The molecule has 0 bridgehead atoms. The van der Waals surface area contributed by atoms with Crippen LogP contribution in [-0.2, 0) is 19.1 Å².